The van der Waals surface area contributed by atoms with Crippen molar-refractivity contribution in [2.45, 2.75) is 43.8 Å². The van der Waals surface area contributed by atoms with Crippen LogP contribution in [0.15, 0.2) is 59.8 Å². The molecule has 204 valence electrons. The van der Waals surface area contributed by atoms with Crippen LogP contribution in [0.3, 0.4) is 0 Å². The molecular weight excluding hydrogens is 518 g/mol. The Labute approximate surface area is 220 Å². The van der Waals surface area contributed by atoms with Crippen molar-refractivity contribution in [2.24, 2.45) is 5.92 Å². The van der Waals surface area contributed by atoms with Gasteiger partial charge in [-0.15, -0.1) is 0 Å². The maximum absolute atomic E-state index is 15.2. The normalized spacial score (nSPS) is 24.3. The lowest BCUT2D eigenvalue weighted by molar-refractivity contribution is -0.137. The smallest absolute Gasteiger partial charge is 0.357 e. The van der Waals surface area contributed by atoms with Gasteiger partial charge >= 0.3 is 6.18 Å². The highest BCUT2D eigenvalue weighted by atomic mass is 32.2. The van der Waals surface area contributed by atoms with Crippen molar-refractivity contribution in [3.63, 3.8) is 0 Å². The van der Waals surface area contributed by atoms with Crippen molar-refractivity contribution in [3.05, 3.63) is 93.4 Å². The number of nitrogens with zero attached hydrogens (tertiary/aromatic N) is 2. The van der Waals surface area contributed by atoms with E-state index in [0.717, 1.165) is 17.2 Å². The van der Waals surface area contributed by atoms with E-state index in [1.165, 1.54) is 22.5 Å². The van der Waals surface area contributed by atoms with Gasteiger partial charge in [0.25, 0.3) is 0 Å². The standard InChI is InChI=1S/C28H31F4N3O2S/c1-17-7-8-34(3)16-27(17)38(36,37)35-14-20(15-35)23-13-22-19(11-25(23)29)12-26(33-2)24(22)10-18-5-4-6-21(9-18)28(30,31)32/h4-9,11,13,16-17,20,24,26,33H,10,12,14-15H2,1-3H3. The number of likely N-dealkylation sites (N-methyl/N-ethyl adjacent to an activating group) is 1. The van der Waals surface area contributed by atoms with E-state index in [1.807, 2.05) is 25.3 Å². The Morgan fingerprint density at radius 1 is 1.11 bits per heavy atom. The van der Waals surface area contributed by atoms with Crippen LogP contribution in [0.4, 0.5) is 17.6 Å². The van der Waals surface area contributed by atoms with Crippen LogP contribution in [0.2, 0.25) is 0 Å². The zero-order chi connectivity index (χ0) is 27.4. The van der Waals surface area contributed by atoms with Gasteiger partial charge in [0.1, 0.15) is 5.82 Å². The molecule has 5 nitrogen and oxygen atoms in total. The van der Waals surface area contributed by atoms with Crippen molar-refractivity contribution >= 4 is 10.0 Å². The summed E-state index contributed by atoms with van der Waals surface area (Å²) in [5.41, 5.74) is 2.09. The summed E-state index contributed by atoms with van der Waals surface area (Å²) in [6.07, 6.45) is 1.79. The quantitative estimate of drug-likeness (QED) is 0.517. The van der Waals surface area contributed by atoms with Crippen molar-refractivity contribution < 1.29 is 26.0 Å². The monoisotopic (exact) mass is 549 g/mol. The van der Waals surface area contributed by atoms with E-state index in [2.05, 4.69) is 5.32 Å². The molecule has 1 aliphatic carbocycles. The third kappa shape index (κ3) is 4.89. The summed E-state index contributed by atoms with van der Waals surface area (Å²) in [6, 6.07) is 8.63. The molecule has 2 aliphatic heterocycles. The van der Waals surface area contributed by atoms with Crippen LogP contribution < -0.4 is 5.32 Å². The van der Waals surface area contributed by atoms with E-state index >= 15 is 4.39 Å². The third-order valence-electron chi connectivity index (χ3n) is 7.98. The lowest BCUT2D eigenvalue weighted by atomic mass is 9.86. The molecule has 2 aromatic rings. The number of hydrogen-bond donors (Lipinski definition) is 1. The molecular formula is C28H31F4N3O2S. The van der Waals surface area contributed by atoms with Gasteiger partial charge in [0.2, 0.25) is 10.0 Å². The number of allylic oxidation sites excluding steroid dienone is 2. The topological polar surface area (TPSA) is 52.7 Å². The highest BCUT2D eigenvalue weighted by molar-refractivity contribution is 7.93. The van der Waals surface area contributed by atoms with Gasteiger partial charge in [0.15, 0.2) is 0 Å². The zero-order valence-electron chi connectivity index (χ0n) is 21.5. The van der Waals surface area contributed by atoms with Crippen molar-refractivity contribution in [2.75, 3.05) is 27.2 Å². The number of fused-ring (bicyclic) bond motifs is 1. The van der Waals surface area contributed by atoms with E-state index in [0.29, 0.717) is 28.9 Å². The summed E-state index contributed by atoms with van der Waals surface area (Å²) in [5.74, 6) is -1.03. The largest absolute Gasteiger partial charge is 0.416 e. The lowest BCUT2D eigenvalue weighted by Crippen LogP contribution is -2.49. The first kappa shape index (κ1) is 26.9. The van der Waals surface area contributed by atoms with Crippen LogP contribution in [0.5, 0.6) is 0 Å². The molecule has 1 N–H and O–H groups in total. The maximum Gasteiger partial charge on any atom is 0.416 e. The Hall–Kier alpha value is -2.69. The van der Waals surface area contributed by atoms with Crippen LogP contribution in [0, 0.1) is 11.7 Å². The molecule has 0 amide bonds. The van der Waals surface area contributed by atoms with Crippen molar-refractivity contribution in [1.29, 1.82) is 0 Å². The summed E-state index contributed by atoms with van der Waals surface area (Å²) >= 11 is 0. The predicted octanol–water partition coefficient (Wildman–Crippen LogP) is 4.98. The van der Waals surface area contributed by atoms with E-state index in [1.54, 1.807) is 31.3 Å². The molecule has 3 unspecified atom stereocenters. The Bertz CT molecular complexity index is 1400. The predicted molar refractivity (Wildman–Crippen MR) is 138 cm³/mol. The van der Waals surface area contributed by atoms with Crippen molar-refractivity contribution in [1.82, 2.24) is 14.5 Å². The van der Waals surface area contributed by atoms with Gasteiger partial charge in [-0.2, -0.15) is 17.5 Å². The van der Waals surface area contributed by atoms with Crippen LogP contribution in [-0.2, 0) is 29.0 Å². The first-order valence-corrected chi connectivity index (χ1v) is 14.1. The molecule has 0 saturated carbocycles. The van der Waals surface area contributed by atoms with Crippen LogP contribution in [0.1, 0.15) is 46.6 Å². The second kappa shape index (κ2) is 9.81. The van der Waals surface area contributed by atoms with Gasteiger partial charge in [-0.05, 0) is 60.5 Å². The first-order valence-electron chi connectivity index (χ1n) is 12.7. The van der Waals surface area contributed by atoms with Crippen LogP contribution >= 0.6 is 0 Å². The molecule has 0 radical (unpaired) electrons. The maximum atomic E-state index is 15.2. The molecule has 2 aromatic carbocycles. The van der Waals surface area contributed by atoms with Crippen LogP contribution in [0.25, 0.3) is 0 Å². The molecule has 2 heterocycles. The second-order valence-corrected chi connectivity index (χ2v) is 12.5. The minimum absolute atomic E-state index is 0.0442. The summed E-state index contributed by atoms with van der Waals surface area (Å²) < 4.78 is 82.8. The summed E-state index contributed by atoms with van der Waals surface area (Å²) in [6.45, 7) is 2.19. The summed E-state index contributed by atoms with van der Waals surface area (Å²) in [4.78, 5) is 2.01. The SMILES string of the molecule is CNC1Cc2cc(F)c(C3CN(S(=O)(=O)C4=CN(C)C=CC4C)C3)cc2C1Cc1cccc(C(F)(F)F)c1. The van der Waals surface area contributed by atoms with Crippen molar-refractivity contribution in [3.8, 4) is 0 Å². The fourth-order valence-electron chi connectivity index (χ4n) is 5.77. The fraction of sp³-hybridized carbons (Fsp3) is 0.429. The lowest BCUT2D eigenvalue weighted by Gasteiger charge is -2.40. The first-order chi connectivity index (χ1) is 17.9. The highest BCUT2D eigenvalue weighted by Crippen LogP contribution is 2.42. The third-order valence-corrected chi connectivity index (χ3v) is 10.0. The van der Waals surface area contributed by atoms with Gasteiger partial charge in [-0.1, -0.05) is 37.3 Å². The Morgan fingerprint density at radius 3 is 2.53 bits per heavy atom. The average molecular weight is 550 g/mol. The molecule has 0 spiro atoms. The van der Waals surface area contributed by atoms with Gasteiger partial charge in [0, 0.05) is 50.1 Å². The fourth-order valence-corrected chi connectivity index (χ4v) is 7.66. The summed E-state index contributed by atoms with van der Waals surface area (Å²) in [5, 5.41) is 3.25. The van der Waals surface area contributed by atoms with E-state index < -0.39 is 21.8 Å². The molecule has 3 atom stereocenters. The van der Waals surface area contributed by atoms with E-state index in [9.17, 15) is 21.6 Å². The number of hydrogen-bond acceptors (Lipinski definition) is 4. The number of benzene rings is 2. The van der Waals surface area contributed by atoms with E-state index in [-0.39, 0.29) is 42.7 Å². The van der Waals surface area contributed by atoms with Gasteiger partial charge in [-0.25, -0.2) is 12.8 Å². The number of nitrogens with one attached hydrogen (secondary N) is 1. The zero-order valence-corrected chi connectivity index (χ0v) is 22.3. The van der Waals surface area contributed by atoms with Gasteiger partial charge in [0.05, 0.1) is 10.5 Å². The molecule has 1 fully saturated rings. The Kier molecular flexibility index (Phi) is 6.94. The highest BCUT2D eigenvalue weighted by Gasteiger charge is 2.42. The molecule has 0 aromatic heterocycles. The molecule has 1 saturated heterocycles. The van der Waals surface area contributed by atoms with Gasteiger partial charge in [-0.3, -0.25) is 0 Å². The van der Waals surface area contributed by atoms with Crippen LogP contribution in [-0.4, -0.2) is 50.8 Å². The van der Waals surface area contributed by atoms with E-state index in [4.69, 9.17) is 0 Å². The Morgan fingerprint density at radius 2 is 1.84 bits per heavy atom. The molecule has 0 bridgehead atoms. The molecule has 38 heavy (non-hydrogen) atoms. The van der Waals surface area contributed by atoms with Gasteiger partial charge < -0.3 is 10.2 Å². The number of alkyl halides is 3. The Balaban J connectivity index is 1.38. The molecule has 3 aliphatic rings. The second-order valence-electron chi connectivity index (χ2n) is 10.5. The minimum atomic E-state index is -4.42. The number of sulfonamides is 1. The number of rotatable bonds is 6. The molecule has 10 heteroatoms. The summed E-state index contributed by atoms with van der Waals surface area (Å²) in [7, 11) is -0.106. The average Bonchev–Trinajstić information content (AvgIpc) is 3.15. The molecule has 5 rings (SSSR count). The number of halogens is 4. The minimum Gasteiger partial charge on any atom is -0.357 e.